The van der Waals surface area contributed by atoms with E-state index in [4.69, 9.17) is 27.9 Å². The van der Waals surface area contributed by atoms with Crippen molar-refractivity contribution in [2.75, 3.05) is 18.0 Å². The smallest absolute Gasteiger partial charge is 0.264 e. The van der Waals surface area contributed by atoms with E-state index in [1.165, 1.54) is 30.2 Å². The lowest BCUT2D eigenvalue weighted by Gasteiger charge is -2.33. The number of ether oxygens (including phenoxy) is 1. The summed E-state index contributed by atoms with van der Waals surface area (Å²) in [6, 6.07) is 15.3. The van der Waals surface area contributed by atoms with Crippen molar-refractivity contribution in [3.63, 3.8) is 0 Å². The zero-order valence-corrected chi connectivity index (χ0v) is 28.8. The molecule has 0 aromatic heterocycles. The summed E-state index contributed by atoms with van der Waals surface area (Å²) in [5.74, 6) is -0.455. The van der Waals surface area contributed by atoms with E-state index >= 15 is 0 Å². The molecule has 3 aromatic rings. The molecule has 2 amide bonds. The summed E-state index contributed by atoms with van der Waals surface area (Å²) >= 11 is 16.3. The second-order valence-electron chi connectivity index (χ2n) is 10.9. The van der Waals surface area contributed by atoms with Gasteiger partial charge in [-0.3, -0.25) is 13.9 Å². The molecule has 1 aliphatic rings. The number of nitrogens with zero attached hydrogens (tertiary/aromatic N) is 2. The number of methoxy groups -OCH3 is 1. The van der Waals surface area contributed by atoms with Gasteiger partial charge in [0.15, 0.2) is 0 Å². The highest BCUT2D eigenvalue weighted by Crippen LogP contribution is 2.32. The molecule has 12 heteroatoms. The zero-order valence-electron chi connectivity index (χ0n) is 24.9. The highest BCUT2D eigenvalue weighted by atomic mass is 79.9. The Morgan fingerprint density at radius 2 is 1.66 bits per heavy atom. The van der Waals surface area contributed by atoms with Crippen LogP contribution in [0.2, 0.25) is 10.0 Å². The Morgan fingerprint density at radius 1 is 1.02 bits per heavy atom. The van der Waals surface area contributed by atoms with Crippen LogP contribution in [0.15, 0.2) is 70.0 Å². The molecule has 1 N–H and O–H groups in total. The Bertz CT molecular complexity index is 1580. The molecule has 1 aliphatic carbocycles. The summed E-state index contributed by atoms with van der Waals surface area (Å²) in [5.41, 5.74) is 1.68. The van der Waals surface area contributed by atoms with Gasteiger partial charge in [-0.05, 0) is 85.1 Å². The fourth-order valence-electron chi connectivity index (χ4n) is 5.18. The maximum Gasteiger partial charge on any atom is 0.264 e. The van der Waals surface area contributed by atoms with Crippen LogP contribution in [0.1, 0.15) is 50.2 Å². The third-order valence-corrected chi connectivity index (χ3v) is 10.9. The van der Waals surface area contributed by atoms with E-state index in [-0.39, 0.29) is 23.4 Å². The van der Waals surface area contributed by atoms with E-state index in [2.05, 4.69) is 21.2 Å². The number of hydrogen-bond acceptors (Lipinski definition) is 5. The van der Waals surface area contributed by atoms with Gasteiger partial charge < -0.3 is 15.0 Å². The lowest BCUT2D eigenvalue weighted by molar-refractivity contribution is -0.139. The maximum atomic E-state index is 14.2. The fourth-order valence-corrected chi connectivity index (χ4v) is 7.83. The van der Waals surface area contributed by atoms with Crippen LogP contribution in [0.3, 0.4) is 0 Å². The first kappa shape index (κ1) is 34.1. The molecular weight excluding hydrogens is 689 g/mol. The lowest BCUT2D eigenvalue weighted by atomic mass is 9.95. The molecule has 0 heterocycles. The second-order valence-corrected chi connectivity index (χ2v) is 14.4. The average Bonchev–Trinajstić information content (AvgIpc) is 3.00. The highest BCUT2D eigenvalue weighted by Gasteiger charge is 2.34. The minimum Gasteiger partial charge on any atom is -0.496 e. The molecule has 0 unspecified atom stereocenters. The summed E-state index contributed by atoms with van der Waals surface area (Å²) in [5, 5.41) is 3.75. The summed E-state index contributed by atoms with van der Waals surface area (Å²) in [7, 11) is -2.77. The van der Waals surface area contributed by atoms with E-state index in [0.717, 1.165) is 42.0 Å². The van der Waals surface area contributed by atoms with E-state index in [0.29, 0.717) is 31.5 Å². The van der Waals surface area contributed by atoms with Gasteiger partial charge in [0.1, 0.15) is 18.3 Å². The molecule has 0 radical (unpaired) electrons. The number of carbonyl (C=O) groups excluding carboxylic acids is 2. The normalized spacial score (nSPS) is 14.5. The van der Waals surface area contributed by atoms with Gasteiger partial charge in [-0.1, -0.05) is 66.2 Å². The predicted octanol–water partition coefficient (Wildman–Crippen LogP) is 7.13. The highest BCUT2D eigenvalue weighted by molar-refractivity contribution is 9.10. The van der Waals surface area contributed by atoms with Gasteiger partial charge in [-0.15, -0.1) is 0 Å². The first-order valence-corrected chi connectivity index (χ1v) is 17.4. The van der Waals surface area contributed by atoms with Crippen molar-refractivity contribution in [2.24, 2.45) is 0 Å². The summed E-state index contributed by atoms with van der Waals surface area (Å²) in [4.78, 5) is 29.0. The molecule has 44 heavy (non-hydrogen) atoms. The molecule has 1 atom stereocenters. The number of hydrogen-bond donors (Lipinski definition) is 1. The predicted molar refractivity (Wildman–Crippen MR) is 178 cm³/mol. The Hall–Kier alpha value is -2.79. The maximum absolute atomic E-state index is 14.2. The van der Waals surface area contributed by atoms with E-state index < -0.39 is 28.5 Å². The van der Waals surface area contributed by atoms with Crippen LogP contribution in [0.25, 0.3) is 0 Å². The SMILES string of the molecule is COc1ccc(S(=O)(=O)N(CC(=O)N(Cc2c(Cl)cccc2Cl)[C@H](C)C(=O)NC2CCCCC2)c2ccc(C)cc2)cc1Br. The van der Waals surface area contributed by atoms with Crippen molar-refractivity contribution in [1.82, 2.24) is 10.2 Å². The van der Waals surface area contributed by atoms with Gasteiger partial charge in [0.2, 0.25) is 11.8 Å². The number of benzene rings is 3. The van der Waals surface area contributed by atoms with Crippen LogP contribution < -0.4 is 14.4 Å². The van der Waals surface area contributed by atoms with Crippen LogP contribution in [0.4, 0.5) is 5.69 Å². The van der Waals surface area contributed by atoms with Crippen LogP contribution in [0.5, 0.6) is 5.75 Å². The van der Waals surface area contributed by atoms with Gasteiger partial charge in [-0.2, -0.15) is 0 Å². The molecular formula is C32H36BrCl2N3O5S. The number of carbonyl (C=O) groups is 2. The first-order chi connectivity index (χ1) is 20.9. The fraction of sp³-hybridized carbons (Fsp3) is 0.375. The van der Waals surface area contributed by atoms with Gasteiger partial charge in [0.25, 0.3) is 10.0 Å². The quantitative estimate of drug-likeness (QED) is 0.227. The third kappa shape index (κ3) is 8.07. The number of amides is 2. The largest absolute Gasteiger partial charge is 0.496 e. The molecule has 0 saturated heterocycles. The van der Waals surface area contributed by atoms with Gasteiger partial charge >= 0.3 is 0 Å². The van der Waals surface area contributed by atoms with Crippen molar-refractivity contribution in [3.8, 4) is 5.75 Å². The molecule has 0 bridgehead atoms. The van der Waals surface area contributed by atoms with Crippen LogP contribution >= 0.6 is 39.1 Å². The van der Waals surface area contributed by atoms with E-state index in [1.54, 1.807) is 49.4 Å². The molecule has 236 valence electrons. The summed E-state index contributed by atoms with van der Waals surface area (Å²) < 4.78 is 35.0. The zero-order chi connectivity index (χ0) is 32.0. The van der Waals surface area contributed by atoms with Gasteiger partial charge in [0, 0.05) is 28.2 Å². The number of rotatable bonds is 11. The Morgan fingerprint density at radius 3 is 2.25 bits per heavy atom. The molecule has 4 rings (SSSR count). The van der Waals surface area contributed by atoms with Crippen LogP contribution in [-0.4, -0.2) is 50.9 Å². The molecule has 3 aromatic carbocycles. The van der Waals surface area contributed by atoms with Crippen molar-refractivity contribution in [2.45, 2.75) is 69.5 Å². The number of halogens is 3. The summed E-state index contributed by atoms with van der Waals surface area (Å²) in [6.07, 6.45) is 4.94. The Balaban J connectivity index is 1.72. The molecule has 8 nitrogen and oxygen atoms in total. The van der Waals surface area contributed by atoms with Crippen molar-refractivity contribution in [3.05, 3.63) is 86.3 Å². The summed E-state index contributed by atoms with van der Waals surface area (Å²) in [6.45, 7) is 2.85. The van der Waals surface area contributed by atoms with Crippen LogP contribution in [0, 0.1) is 6.92 Å². The molecule has 1 saturated carbocycles. The standard InChI is InChI=1S/C32H36BrCl2N3O5S/c1-21-12-14-24(15-13-21)38(44(41,42)25-16-17-30(43-3)27(33)18-25)20-31(39)37(19-26-28(34)10-7-11-29(26)35)22(2)32(40)36-23-8-5-4-6-9-23/h7,10-18,22-23H,4-6,8-9,19-20H2,1-3H3,(H,36,40)/t22-/m1/s1. The Labute approximate surface area is 277 Å². The van der Waals surface area contributed by atoms with Gasteiger partial charge in [-0.25, -0.2) is 8.42 Å². The lowest BCUT2D eigenvalue weighted by Crippen LogP contribution is -2.53. The minimum atomic E-state index is -4.25. The van der Waals surface area contributed by atoms with Crippen molar-refractivity contribution in [1.29, 1.82) is 0 Å². The first-order valence-electron chi connectivity index (χ1n) is 14.4. The minimum absolute atomic E-state index is 0.0255. The monoisotopic (exact) mass is 723 g/mol. The second kappa shape index (κ2) is 15.0. The number of anilines is 1. The average molecular weight is 726 g/mol. The molecule has 0 aliphatic heterocycles. The van der Waals surface area contributed by atoms with Crippen molar-refractivity contribution < 1.29 is 22.7 Å². The topological polar surface area (TPSA) is 96.0 Å². The number of aryl methyl sites for hydroxylation is 1. The number of nitrogens with one attached hydrogen (secondary N) is 1. The molecule has 0 spiro atoms. The van der Waals surface area contributed by atoms with Gasteiger partial charge in [0.05, 0.1) is 22.2 Å². The van der Waals surface area contributed by atoms with Crippen LogP contribution in [-0.2, 0) is 26.2 Å². The van der Waals surface area contributed by atoms with Crippen molar-refractivity contribution >= 4 is 66.7 Å². The van der Waals surface area contributed by atoms with E-state index in [1.807, 2.05) is 6.92 Å². The van der Waals surface area contributed by atoms with E-state index in [9.17, 15) is 18.0 Å². The Kier molecular flexibility index (Phi) is 11.6. The third-order valence-electron chi connectivity index (χ3n) is 7.82. The molecule has 1 fully saturated rings. The number of sulfonamides is 1.